The van der Waals surface area contributed by atoms with Crippen molar-refractivity contribution in [2.45, 2.75) is 13.1 Å². The first kappa shape index (κ1) is 16.0. The summed E-state index contributed by atoms with van der Waals surface area (Å²) in [6.07, 6.45) is -3.07. The standard InChI is InChI=1S/C18H13F3N2O/c1-11-2-4-12(5-3-11)17(24)23-15-8-9-22-16-10-13(18(19,20)21)6-7-14(15)16/h2-10H,1H3,(H,22,23,24). The molecule has 1 N–H and O–H groups in total. The topological polar surface area (TPSA) is 42.0 Å². The fraction of sp³-hybridized carbons (Fsp3) is 0.111. The van der Waals surface area contributed by atoms with E-state index in [1.54, 1.807) is 18.2 Å². The molecule has 0 atom stereocenters. The van der Waals surface area contributed by atoms with Crippen LogP contribution in [0.4, 0.5) is 18.9 Å². The number of rotatable bonds is 2. The third-order valence-corrected chi connectivity index (χ3v) is 3.63. The number of carbonyl (C=O) groups is 1. The first-order valence-corrected chi connectivity index (χ1v) is 7.18. The fourth-order valence-corrected chi connectivity index (χ4v) is 2.33. The van der Waals surface area contributed by atoms with Gasteiger partial charge in [-0.3, -0.25) is 9.78 Å². The third-order valence-electron chi connectivity index (χ3n) is 3.63. The molecular formula is C18H13F3N2O. The van der Waals surface area contributed by atoms with Gasteiger partial charge in [0.25, 0.3) is 5.91 Å². The van der Waals surface area contributed by atoms with Crippen molar-refractivity contribution in [2.24, 2.45) is 0 Å². The lowest BCUT2D eigenvalue weighted by Gasteiger charge is -2.11. The van der Waals surface area contributed by atoms with Crippen LogP contribution in [-0.4, -0.2) is 10.9 Å². The van der Waals surface area contributed by atoms with E-state index in [0.717, 1.165) is 17.7 Å². The van der Waals surface area contributed by atoms with E-state index in [2.05, 4.69) is 10.3 Å². The summed E-state index contributed by atoms with van der Waals surface area (Å²) in [4.78, 5) is 16.2. The molecule has 1 amide bonds. The molecule has 1 heterocycles. The quantitative estimate of drug-likeness (QED) is 0.732. The normalized spacial score (nSPS) is 11.5. The fourth-order valence-electron chi connectivity index (χ4n) is 2.33. The maximum Gasteiger partial charge on any atom is 0.416 e. The Labute approximate surface area is 136 Å². The number of hydrogen-bond acceptors (Lipinski definition) is 2. The highest BCUT2D eigenvalue weighted by Crippen LogP contribution is 2.32. The van der Waals surface area contributed by atoms with Crippen molar-refractivity contribution in [3.63, 3.8) is 0 Å². The number of fused-ring (bicyclic) bond motifs is 1. The second kappa shape index (κ2) is 5.96. The molecule has 0 saturated heterocycles. The summed E-state index contributed by atoms with van der Waals surface area (Å²) in [6, 6.07) is 11.8. The Balaban J connectivity index is 1.95. The van der Waals surface area contributed by atoms with Crippen molar-refractivity contribution in [1.29, 1.82) is 0 Å². The van der Waals surface area contributed by atoms with Crippen molar-refractivity contribution < 1.29 is 18.0 Å². The van der Waals surface area contributed by atoms with E-state index in [0.29, 0.717) is 16.6 Å². The Morgan fingerprint density at radius 1 is 1.04 bits per heavy atom. The maximum atomic E-state index is 12.8. The number of hydrogen-bond donors (Lipinski definition) is 1. The van der Waals surface area contributed by atoms with Gasteiger partial charge in [0.1, 0.15) is 0 Å². The molecule has 0 saturated carbocycles. The van der Waals surface area contributed by atoms with Crippen LogP contribution in [-0.2, 0) is 6.18 Å². The number of nitrogens with one attached hydrogen (secondary N) is 1. The first-order chi connectivity index (χ1) is 11.3. The predicted molar refractivity (Wildman–Crippen MR) is 85.9 cm³/mol. The Kier molecular flexibility index (Phi) is 3.97. The predicted octanol–water partition coefficient (Wildman–Crippen LogP) is 4.81. The van der Waals surface area contributed by atoms with Gasteiger partial charge in [-0.25, -0.2) is 0 Å². The van der Waals surface area contributed by atoms with Crippen LogP contribution in [0.25, 0.3) is 10.9 Å². The van der Waals surface area contributed by atoms with Gasteiger partial charge >= 0.3 is 6.18 Å². The van der Waals surface area contributed by atoms with E-state index < -0.39 is 11.7 Å². The molecule has 0 aliphatic carbocycles. The van der Waals surface area contributed by atoms with Crippen LogP contribution >= 0.6 is 0 Å². The Morgan fingerprint density at radius 2 is 1.75 bits per heavy atom. The molecule has 3 rings (SSSR count). The van der Waals surface area contributed by atoms with Gasteiger partial charge in [0.2, 0.25) is 0 Å². The number of halogens is 3. The molecule has 1 aromatic heterocycles. The molecule has 2 aromatic carbocycles. The van der Waals surface area contributed by atoms with Crippen LogP contribution in [0, 0.1) is 6.92 Å². The highest BCUT2D eigenvalue weighted by Gasteiger charge is 2.30. The van der Waals surface area contributed by atoms with E-state index in [1.807, 2.05) is 19.1 Å². The number of carbonyl (C=O) groups excluding carboxylic acids is 1. The SMILES string of the molecule is Cc1ccc(C(=O)Nc2ccnc3cc(C(F)(F)F)ccc23)cc1. The molecule has 0 spiro atoms. The van der Waals surface area contributed by atoms with Gasteiger partial charge in [0.15, 0.2) is 0 Å². The number of aryl methyl sites for hydroxylation is 1. The number of pyridine rings is 1. The van der Waals surface area contributed by atoms with Gasteiger partial charge in [-0.2, -0.15) is 13.2 Å². The summed E-state index contributed by atoms with van der Waals surface area (Å²) in [7, 11) is 0. The lowest BCUT2D eigenvalue weighted by atomic mass is 10.1. The number of alkyl halides is 3. The Hall–Kier alpha value is -2.89. The number of anilines is 1. The number of aromatic nitrogens is 1. The zero-order valence-electron chi connectivity index (χ0n) is 12.7. The number of benzene rings is 2. The van der Waals surface area contributed by atoms with Crippen LogP contribution in [0.2, 0.25) is 0 Å². The van der Waals surface area contributed by atoms with Gasteiger partial charge in [0, 0.05) is 17.1 Å². The molecule has 3 aromatic rings. The lowest BCUT2D eigenvalue weighted by Crippen LogP contribution is -2.12. The van der Waals surface area contributed by atoms with Gasteiger partial charge in [-0.1, -0.05) is 23.8 Å². The van der Waals surface area contributed by atoms with Crippen LogP contribution in [0.3, 0.4) is 0 Å². The second-order valence-electron chi connectivity index (χ2n) is 5.41. The molecule has 0 aliphatic rings. The average Bonchev–Trinajstić information content (AvgIpc) is 2.54. The van der Waals surface area contributed by atoms with Crippen molar-refractivity contribution in [1.82, 2.24) is 4.98 Å². The molecule has 0 fully saturated rings. The van der Waals surface area contributed by atoms with Crippen LogP contribution in [0.1, 0.15) is 21.5 Å². The van der Waals surface area contributed by atoms with E-state index in [1.165, 1.54) is 12.3 Å². The van der Waals surface area contributed by atoms with Crippen molar-refractivity contribution >= 4 is 22.5 Å². The molecule has 3 nitrogen and oxygen atoms in total. The van der Waals surface area contributed by atoms with E-state index >= 15 is 0 Å². The zero-order chi connectivity index (χ0) is 17.3. The molecule has 6 heteroatoms. The third kappa shape index (κ3) is 3.22. The van der Waals surface area contributed by atoms with Crippen molar-refractivity contribution in [3.05, 3.63) is 71.4 Å². The van der Waals surface area contributed by atoms with Gasteiger partial charge in [0.05, 0.1) is 16.8 Å². The molecule has 0 unspecified atom stereocenters. The summed E-state index contributed by atoms with van der Waals surface area (Å²) >= 11 is 0. The molecule has 122 valence electrons. The highest BCUT2D eigenvalue weighted by molar-refractivity contribution is 6.08. The minimum atomic E-state index is -4.43. The molecule has 24 heavy (non-hydrogen) atoms. The minimum Gasteiger partial charge on any atom is -0.321 e. The Morgan fingerprint density at radius 3 is 2.42 bits per heavy atom. The molecule has 0 aliphatic heterocycles. The van der Waals surface area contributed by atoms with E-state index in [4.69, 9.17) is 0 Å². The van der Waals surface area contributed by atoms with Gasteiger partial charge in [-0.15, -0.1) is 0 Å². The van der Waals surface area contributed by atoms with Crippen molar-refractivity contribution in [2.75, 3.05) is 5.32 Å². The van der Waals surface area contributed by atoms with Gasteiger partial charge in [-0.05, 0) is 37.3 Å². The smallest absolute Gasteiger partial charge is 0.321 e. The maximum absolute atomic E-state index is 12.8. The monoisotopic (exact) mass is 330 g/mol. The highest BCUT2D eigenvalue weighted by atomic mass is 19.4. The van der Waals surface area contributed by atoms with Crippen LogP contribution in [0.5, 0.6) is 0 Å². The summed E-state index contributed by atoms with van der Waals surface area (Å²) in [5.41, 5.74) is 1.31. The van der Waals surface area contributed by atoms with Gasteiger partial charge < -0.3 is 5.32 Å². The van der Waals surface area contributed by atoms with Crippen molar-refractivity contribution in [3.8, 4) is 0 Å². The molecule has 0 radical (unpaired) electrons. The zero-order valence-corrected chi connectivity index (χ0v) is 12.7. The second-order valence-corrected chi connectivity index (χ2v) is 5.41. The molecule has 0 bridgehead atoms. The largest absolute Gasteiger partial charge is 0.416 e. The summed E-state index contributed by atoms with van der Waals surface area (Å²) in [5.74, 6) is -0.331. The number of nitrogens with zero attached hydrogens (tertiary/aromatic N) is 1. The van der Waals surface area contributed by atoms with Crippen LogP contribution < -0.4 is 5.32 Å². The summed E-state index contributed by atoms with van der Waals surface area (Å²) < 4.78 is 38.3. The average molecular weight is 330 g/mol. The first-order valence-electron chi connectivity index (χ1n) is 7.18. The lowest BCUT2D eigenvalue weighted by molar-refractivity contribution is -0.137. The summed E-state index contributed by atoms with van der Waals surface area (Å²) in [5, 5.41) is 3.17. The number of amides is 1. The van der Waals surface area contributed by atoms with Crippen LogP contribution in [0.15, 0.2) is 54.7 Å². The summed E-state index contributed by atoms with van der Waals surface area (Å²) in [6.45, 7) is 1.91. The minimum absolute atomic E-state index is 0.173. The molecular weight excluding hydrogens is 317 g/mol. The Bertz CT molecular complexity index is 902. The van der Waals surface area contributed by atoms with E-state index in [-0.39, 0.29) is 11.4 Å². The van der Waals surface area contributed by atoms with E-state index in [9.17, 15) is 18.0 Å².